The highest BCUT2D eigenvalue weighted by Gasteiger charge is 2.19. The van der Waals surface area contributed by atoms with Crippen LogP contribution in [0.3, 0.4) is 0 Å². The average molecular weight is 538 g/mol. The molecule has 0 spiro atoms. The number of aliphatic hydroxyl groups is 1. The quantitative estimate of drug-likeness (QED) is 0.218. The Morgan fingerprint density at radius 3 is 2.68 bits per heavy atom. The lowest BCUT2D eigenvalue weighted by Gasteiger charge is -2.17. The number of hydrogen-bond acceptors (Lipinski definition) is 7. The lowest BCUT2D eigenvalue weighted by Crippen LogP contribution is -2.29. The largest absolute Gasteiger partial charge is 0.485 e. The number of aliphatic imine (C=N–C) groups is 1. The number of nitrogens with one attached hydrogen (secondary N) is 2. The predicted molar refractivity (Wildman–Crippen MR) is 138 cm³/mol. The van der Waals surface area contributed by atoms with Crippen molar-refractivity contribution in [1.29, 1.82) is 5.41 Å². The van der Waals surface area contributed by atoms with Crippen LogP contribution in [0.2, 0.25) is 5.02 Å². The third-order valence-corrected chi connectivity index (χ3v) is 5.24. The van der Waals surface area contributed by atoms with Gasteiger partial charge in [0.05, 0.1) is 17.6 Å². The molecule has 0 aliphatic carbocycles. The van der Waals surface area contributed by atoms with Gasteiger partial charge in [-0.05, 0) is 45.5 Å². The summed E-state index contributed by atoms with van der Waals surface area (Å²) in [5.41, 5.74) is -1.96. The van der Waals surface area contributed by atoms with Crippen molar-refractivity contribution in [2.75, 3.05) is 6.67 Å². The number of rotatable bonds is 11. The molecule has 2 aromatic rings. The van der Waals surface area contributed by atoms with Gasteiger partial charge < -0.3 is 20.6 Å². The third kappa shape index (κ3) is 7.89. The molecule has 0 amide bonds. The number of halogens is 4. The molecule has 0 fully saturated rings. The molecule has 0 radical (unpaired) electrons. The highest BCUT2D eigenvalue weighted by molar-refractivity contribution is 6.31. The van der Waals surface area contributed by atoms with Crippen LogP contribution in [0.15, 0.2) is 58.4 Å². The van der Waals surface area contributed by atoms with Crippen molar-refractivity contribution in [3.05, 3.63) is 87.0 Å². The van der Waals surface area contributed by atoms with Crippen LogP contribution in [0.1, 0.15) is 32.2 Å². The number of nitrogens with zero attached hydrogens (tertiary/aromatic N) is 3. The molecule has 0 aromatic carbocycles. The van der Waals surface area contributed by atoms with E-state index >= 15 is 0 Å². The summed E-state index contributed by atoms with van der Waals surface area (Å²) < 4.78 is 47.8. The van der Waals surface area contributed by atoms with Crippen molar-refractivity contribution in [2.24, 2.45) is 4.99 Å². The van der Waals surface area contributed by atoms with Crippen LogP contribution >= 0.6 is 11.6 Å². The first-order chi connectivity index (χ1) is 17.2. The van der Waals surface area contributed by atoms with E-state index < -0.39 is 40.3 Å². The van der Waals surface area contributed by atoms with Gasteiger partial charge >= 0.3 is 0 Å². The van der Waals surface area contributed by atoms with E-state index in [9.17, 15) is 23.1 Å². The summed E-state index contributed by atoms with van der Waals surface area (Å²) in [4.78, 5) is 20.7. The Hall–Kier alpha value is -3.70. The molecule has 2 heterocycles. The van der Waals surface area contributed by atoms with Gasteiger partial charge in [-0.3, -0.25) is 19.3 Å². The van der Waals surface area contributed by atoms with Crippen LogP contribution in [0.5, 0.6) is 5.75 Å². The summed E-state index contributed by atoms with van der Waals surface area (Å²) >= 11 is 6.18. The number of ether oxygens (including phenoxy) is 1. The Kier molecular flexibility index (Phi) is 9.98. The summed E-state index contributed by atoms with van der Waals surface area (Å²) in [5.74, 6) is -2.77. The molecule has 8 nitrogen and oxygen atoms in total. The summed E-state index contributed by atoms with van der Waals surface area (Å²) in [5, 5.41) is 19.8. The van der Waals surface area contributed by atoms with Crippen LogP contribution in [0, 0.1) is 24.0 Å². The number of allylic oxidation sites excluding steroid dienone is 3. The average Bonchev–Trinajstić information content (AvgIpc) is 2.80. The zero-order valence-corrected chi connectivity index (χ0v) is 21.5. The fraction of sp³-hybridized carbons (Fsp3) is 0.280. The van der Waals surface area contributed by atoms with Crippen molar-refractivity contribution >= 4 is 29.2 Å². The number of pyridine rings is 2. The Labute approximate surface area is 217 Å². The maximum absolute atomic E-state index is 14.5. The van der Waals surface area contributed by atoms with Crippen LogP contribution in [-0.4, -0.2) is 38.9 Å². The Morgan fingerprint density at radius 1 is 1.41 bits per heavy atom. The molecular weight excluding hydrogens is 511 g/mol. The number of aromatic nitrogens is 2. The Morgan fingerprint density at radius 2 is 2.08 bits per heavy atom. The van der Waals surface area contributed by atoms with E-state index in [2.05, 4.69) is 21.9 Å². The molecule has 0 saturated carbocycles. The normalized spacial score (nSPS) is 12.7. The highest BCUT2D eigenvalue weighted by Crippen LogP contribution is 2.27. The van der Waals surface area contributed by atoms with Crippen molar-refractivity contribution < 1.29 is 23.0 Å². The van der Waals surface area contributed by atoms with Crippen molar-refractivity contribution in [3.8, 4) is 5.75 Å². The molecule has 0 aliphatic heterocycles. The van der Waals surface area contributed by atoms with Crippen molar-refractivity contribution in [2.45, 2.75) is 39.9 Å². The minimum atomic E-state index is -1.28. The molecule has 0 saturated heterocycles. The summed E-state index contributed by atoms with van der Waals surface area (Å²) in [6.45, 7) is 8.95. The second-order valence-electron chi connectivity index (χ2n) is 8.39. The summed E-state index contributed by atoms with van der Waals surface area (Å²) in [6, 6.07) is 2.01. The van der Waals surface area contributed by atoms with Gasteiger partial charge in [0.1, 0.15) is 47.0 Å². The molecule has 12 heteroatoms. The van der Waals surface area contributed by atoms with Crippen molar-refractivity contribution in [1.82, 2.24) is 14.9 Å². The zero-order valence-electron chi connectivity index (χ0n) is 20.7. The van der Waals surface area contributed by atoms with Crippen LogP contribution < -0.4 is 15.6 Å². The lowest BCUT2D eigenvalue weighted by molar-refractivity contribution is 0.154. The highest BCUT2D eigenvalue weighted by atomic mass is 35.5. The molecule has 0 bridgehead atoms. The molecule has 0 atom stereocenters. The second-order valence-corrected chi connectivity index (χ2v) is 8.77. The Balaban J connectivity index is 2.27. The van der Waals surface area contributed by atoms with Gasteiger partial charge in [0, 0.05) is 24.0 Å². The number of aryl methyl sites for hydroxylation is 1. The van der Waals surface area contributed by atoms with Gasteiger partial charge in [0.25, 0.3) is 5.56 Å². The second kappa shape index (κ2) is 12.5. The first-order valence-corrected chi connectivity index (χ1v) is 11.2. The molecule has 198 valence electrons. The summed E-state index contributed by atoms with van der Waals surface area (Å²) in [7, 11) is 0. The fourth-order valence-electron chi connectivity index (χ4n) is 2.97. The van der Waals surface area contributed by atoms with E-state index in [1.807, 2.05) is 0 Å². The first-order valence-electron chi connectivity index (χ1n) is 10.9. The van der Waals surface area contributed by atoms with E-state index in [0.29, 0.717) is 6.07 Å². The minimum Gasteiger partial charge on any atom is -0.485 e. The van der Waals surface area contributed by atoms with Gasteiger partial charge in [-0.2, -0.15) is 0 Å². The molecule has 0 aliphatic rings. The molecule has 2 aromatic heterocycles. The SMILES string of the molecule is C=C(F)/C(=C(C)\C=N/CN/C=C\C(=N)C(C)(C)O)n1c(C)cc(OCc2ncc(F)cc2F)c(Cl)c1=O. The van der Waals surface area contributed by atoms with E-state index in [0.717, 1.165) is 10.8 Å². The van der Waals surface area contributed by atoms with Gasteiger partial charge in [-0.1, -0.05) is 18.2 Å². The predicted octanol–water partition coefficient (Wildman–Crippen LogP) is 4.70. The molecular formula is C25H27ClF3N5O3. The zero-order chi connectivity index (χ0) is 27.9. The fourth-order valence-corrected chi connectivity index (χ4v) is 3.16. The van der Waals surface area contributed by atoms with Crippen molar-refractivity contribution in [3.63, 3.8) is 0 Å². The van der Waals surface area contributed by atoms with E-state index in [4.69, 9.17) is 21.7 Å². The Bertz CT molecular complexity index is 1340. The maximum atomic E-state index is 14.5. The molecule has 2 rings (SSSR count). The third-order valence-electron chi connectivity index (χ3n) is 4.90. The maximum Gasteiger partial charge on any atom is 0.277 e. The standard InChI is InChI=1S/C25H27ClF3N5O3/c1-14(10-32-13-31-7-6-21(30)25(4,5)36)23(16(3)27)34-15(2)8-20(22(26)24(34)35)37-12-19-18(29)9-17(28)11-33-19/h6-11,30-31,36H,3,12-13H2,1-2,4-5H3/b7-6-,23-14+,30-21?,32-10-. The number of hydrogen-bond donors (Lipinski definition) is 3. The van der Waals surface area contributed by atoms with Gasteiger partial charge in [0.2, 0.25) is 0 Å². The van der Waals surface area contributed by atoms with Crippen LogP contribution in [-0.2, 0) is 6.61 Å². The van der Waals surface area contributed by atoms with Gasteiger partial charge in [0.15, 0.2) is 5.82 Å². The van der Waals surface area contributed by atoms with E-state index in [1.54, 1.807) is 0 Å². The topological polar surface area (TPSA) is 113 Å². The van der Waals surface area contributed by atoms with Crippen LogP contribution in [0.25, 0.3) is 5.70 Å². The van der Waals surface area contributed by atoms with E-state index in [-0.39, 0.29) is 40.8 Å². The monoisotopic (exact) mass is 537 g/mol. The van der Waals surface area contributed by atoms with Gasteiger partial charge in [-0.15, -0.1) is 0 Å². The molecule has 37 heavy (non-hydrogen) atoms. The lowest BCUT2D eigenvalue weighted by atomic mass is 10.0. The first kappa shape index (κ1) is 29.5. The smallest absolute Gasteiger partial charge is 0.277 e. The van der Waals surface area contributed by atoms with Gasteiger partial charge in [-0.25, -0.2) is 13.2 Å². The van der Waals surface area contributed by atoms with Crippen LogP contribution in [0.4, 0.5) is 13.2 Å². The molecule has 3 N–H and O–H groups in total. The minimum absolute atomic E-state index is 0.00529. The summed E-state index contributed by atoms with van der Waals surface area (Å²) in [6.07, 6.45) is 4.97. The van der Waals surface area contributed by atoms with E-state index in [1.165, 1.54) is 52.3 Å². The molecule has 0 unspecified atom stereocenters.